The zero-order chi connectivity index (χ0) is 13.8. The molecule has 0 fully saturated rings. The molecule has 0 bridgehead atoms. The molecule has 1 aromatic heterocycles. The van der Waals surface area contributed by atoms with E-state index in [0.717, 1.165) is 23.4 Å². The van der Waals surface area contributed by atoms with Gasteiger partial charge in [-0.25, -0.2) is 9.97 Å². The highest BCUT2D eigenvalue weighted by molar-refractivity contribution is 5.71. The molecule has 0 radical (unpaired) electrons. The molecule has 0 aromatic carbocycles. The van der Waals surface area contributed by atoms with E-state index in [1.807, 2.05) is 13.8 Å². The molecule has 1 aliphatic rings. The van der Waals surface area contributed by atoms with Crippen LogP contribution in [0.25, 0.3) is 5.57 Å². The Morgan fingerprint density at radius 3 is 2.89 bits per heavy atom. The van der Waals surface area contributed by atoms with Crippen LogP contribution < -0.4 is 5.32 Å². The second-order valence-corrected chi connectivity index (χ2v) is 4.87. The molecule has 0 aliphatic heterocycles. The van der Waals surface area contributed by atoms with Crippen molar-refractivity contribution in [3.8, 4) is 0 Å². The summed E-state index contributed by atoms with van der Waals surface area (Å²) in [6.45, 7) is 4.42. The Morgan fingerprint density at radius 1 is 1.42 bits per heavy atom. The van der Waals surface area contributed by atoms with Gasteiger partial charge in [0.2, 0.25) is 0 Å². The molecule has 2 rings (SSSR count). The molecule has 3 N–H and O–H groups in total. The minimum absolute atomic E-state index is 0.0715. The Bertz CT molecular complexity index is 474. The summed E-state index contributed by atoms with van der Waals surface area (Å²) in [7, 11) is 0. The lowest BCUT2D eigenvalue weighted by molar-refractivity contribution is 0.0893. The molecule has 1 heterocycles. The van der Waals surface area contributed by atoms with Crippen molar-refractivity contribution in [2.75, 3.05) is 13.2 Å². The molecule has 0 unspecified atom stereocenters. The van der Waals surface area contributed by atoms with Gasteiger partial charge in [-0.05, 0) is 25.3 Å². The lowest BCUT2D eigenvalue weighted by Gasteiger charge is -2.21. The van der Waals surface area contributed by atoms with Gasteiger partial charge in [-0.3, -0.25) is 0 Å². The number of fused-ring (bicyclic) bond motifs is 1. The van der Waals surface area contributed by atoms with Gasteiger partial charge in [0.05, 0.1) is 24.4 Å². The van der Waals surface area contributed by atoms with Gasteiger partial charge in [0, 0.05) is 17.8 Å². The summed E-state index contributed by atoms with van der Waals surface area (Å²) < 4.78 is 0. The number of hydrogen-bond acceptors (Lipinski definition) is 5. The van der Waals surface area contributed by atoms with Crippen LogP contribution in [0.1, 0.15) is 30.3 Å². The van der Waals surface area contributed by atoms with Gasteiger partial charge in [-0.2, -0.15) is 0 Å². The number of aliphatic hydroxyl groups is 2. The highest BCUT2D eigenvalue weighted by Crippen LogP contribution is 2.26. The van der Waals surface area contributed by atoms with Crippen molar-refractivity contribution in [2.24, 2.45) is 0 Å². The Labute approximate surface area is 113 Å². The van der Waals surface area contributed by atoms with Crippen LogP contribution >= 0.6 is 0 Å². The van der Waals surface area contributed by atoms with Gasteiger partial charge < -0.3 is 15.5 Å². The minimum Gasteiger partial charge on any atom is -0.395 e. The first kappa shape index (κ1) is 14.1. The Kier molecular flexibility index (Phi) is 4.63. The molecule has 1 aromatic rings. The van der Waals surface area contributed by atoms with E-state index in [1.165, 1.54) is 5.56 Å². The SMILES string of the molecule is CC[C@@H](O)[C@@H](CO)NCC1=CCc2c(C)ncnc21. The molecule has 5 heteroatoms. The van der Waals surface area contributed by atoms with Crippen LogP contribution in [0.2, 0.25) is 0 Å². The Balaban J connectivity index is 2.01. The van der Waals surface area contributed by atoms with Crippen LogP contribution in [0.5, 0.6) is 0 Å². The fraction of sp³-hybridized carbons (Fsp3) is 0.571. The summed E-state index contributed by atoms with van der Waals surface area (Å²) in [5.74, 6) is 0. The number of nitrogens with zero attached hydrogens (tertiary/aromatic N) is 2. The van der Waals surface area contributed by atoms with Crippen LogP contribution in [0.3, 0.4) is 0 Å². The smallest absolute Gasteiger partial charge is 0.116 e. The predicted molar refractivity (Wildman–Crippen MR) is 73.6 cm³/mol. The molecule has 5 nitrogen and oxygen atoms in total. The number of hydrogen-bond donors (Lipinski definition) is 3. The summed E-state index contributed by atoms with van der Waals surface area (Å²) in [5, 5.41) is 22.2. The van der Waals surface area contributed by atoms with E-state index in [1.54, 1.807) is 6.33 Å². The molecular weight excluding hydrogens is 242 g/mol. The maximum atomic E-state index is 9.76. The van der Waals surface area contributed by atoms with Gasteiger partial charge in [-0.15, -0.1) is 0 Å². The van der Waals surface area contributed by atoms with Gasteiger partial charge in [0.15, 0.2) is 0 Å². The molecule has 0 saturated heterocycles. The van der Waals surface area contributed by atoms with Crippen molar-refractivity contribution in [3.63, 3.8) is 0 Å². The van der Waals surface area contributed by atoms with Crippen LogP contribution in [-0.2, 0) is 6.42 Å². The predicted octanol–water partition coefficient (Wildman–Crippen LogP) is 0.446. The van der Waals surface area contributed by atoms with Crippen molar-refractivity contribution < 1.29 is 10.2 Å². The van der Waals surface area contributed by atoms with E-state index in [2.05, 4.69) is 21.4 Å². The van der Waals surface area contributed by atoms with Crippen molar-refractivity contribution in [1.82, 2.24) is 15.3 Å². The number of allylic oxidation sites excluding steroid dienone is 1. The summed E-state index contributed by atoms with van der Waals surface area (Å²) >= 11 is 0. The average molecular weight is 263 g/mol. The largest absolute Gasteiger partial charge is 0.395 e. The van der Waals surface area contributed by atoms with Gasteiger partial charge >= 0.3 is 0 Å². The maximum Gasteiger partial charge on any atom is 0.116 e. The zero-order valence-electron chi connectivity index (χ0n) is 11.4. The van der Waals surface area contributed by atoms with Crippen molar-refractivity contribution in [3.05, 3.63) is 29.4 Å². The van der Waals surface area contributed by atoms with Crippen LogP contribution in [-0.4, -0.2) is 45.5 Å². The van der Waals surface area contributed by atoms with Crippen molar-refractivity contribution in [1.29, 1.82) is 0 Å². The highest BCUT2D eigenvalue weighted by atomic mass is 16.3. The third-order valence-corrected chi connectivity index (χ3v) is 3.65. The summed E-state index contributed by atoms with van der Waals surface area (Å²) in [4.78, 5) is 8.52. The Morgan fingerprint density at radius 2 is 2.21 bits per heavy atom. The monoisotopic (exact) mass is 263 g/mol. The van der Waals surface area contributed by atoms with Gasteiger partial charge in [-0.1, -0.05) is 13.0 Å². The first-order valence-corrected chi connectivity index (χ1v) is 6.69. The summed E-state index contributed by atoms with van der Waals surface area (Å²) in [5.41, 5.74) is 4.30. The minimum atomic E-state index is -0.529. The average Bonchev–Trinajstić information content (AvgIpc) is 2.84. The molecule has 104 valence electrons. The van der Waals surface area contributed by atoms with Gasteiger partial charge in [0.1, 0.15) is 6.33 Å². The van der Waals surface area contributed by atoms with E-state index in [4.69, 9.17) is 0 Å². The second-order valence-electron chi connectivity index (χ2n) is 4.87. The summed E-state index contributed by atoms with van der Waals surface area (Å²) in [6.07, 6.45) is 4.66. The fourth-order valence-electron chi connectivity index (χ4n) is 2.35. The molecular formula is C14H21N3O2. The topological polar surface area (TPSA) is 78.3 Å². The number of rotatable bonds is 6. The lowest BCUT2D eigenvalue weighted by Crippen LogP contribution is -2.43. The number of aliphatic hydroxyl groups excluding tert-OH is 2. The zero-order valence-corrected chi connectivity index (χ0v) is 11.4. The van der Waals surface area contributed by atoms with Crippen LogP contribution in [0, 0.1) is 6.92 Å². The van der Waals surface area contributed by atoms with Gasteiger partial charge in [0.25, 0.3) is 0 Å². The first-order valence-electron chi connectivity index (χ1n) is 6.69. The number of aryl methyl sites for hydroxylation is 1. The second kappa shape index (κ2) is 6.23. The van der Waals surface area contributed by atoms with E-state index >= 15 is 0 Å². The summed E-state index contributed by atoms with van der Waals surface area (Å²) in [6, 6.07) is -0.294. The van der Waals surface area contributed by atoms with E-state index in [0.29, 0.717) is 13.0 Å². The van der Waals surface area contributed by atoms with E-state index in [9.17, 15) is 10.2 Å². The van der Waals surface area contributed by atoms with Crippen molar-refractivity contribution >= 4 is 5.57 Å². The van der Waals surface area contributed by atoms with E-state index in [-0.39, 0.29) is 12.6 Å². The standard InChI is InChI=1S/C14H21N3O2/c1-3-13(19)12(7-18)15-6-10-4-5-11-9(2)16-8-17-14(10)11/h4,8,12-13,15,18-19H,3,5-7H2,1-2H3/t12-,13-/m1/s1. The number of aromatic nitrogens is 2. The maximum absolute atomic E-state index is 9.76. The van der Waals surface area contributed by atoms with Crippen molar-refractivity contribution in [2.45, 2.75) is 38.8 Å². The normalized spacial score (nSPS) is 16.9. The molecule has 1 aliphatic carbocycles. The first-order chi connectivity index (χ1) is 9.17. The third-order valence-electron chi connectivity index (χ3n) is 3.65. The third kappa shape index (κ3) is 3.00. The molecule has 0 amide bonds. The van der Waals surface area contributed by atoms with E-state index < -0.39 is 6.10 Å². The van der Waals surface area contributed by atoms with Crippen LogP contribution in [0.4, 0.5) is 0 Å². The fourth-order valence-corrected chi connectivity index (χ4v) is 2.35. The van der Waals surface area contributed by atoms with Crippen LogP contribution in [0.15, 0.2) is 12.4 Å². The quantitative estimate of drug-likeness (QED) is 0.694. The lowest BCUT2D eigenvalue weighted by atomic mass is 10.1. The molecule has 2 atom stereocenters. The molecule has 0 saturated carbocycles. The highest BCUT2D eigenvalue weighted by Gasteiger charge is 2.21. The molecule has 19 heavy (non-hydrogen) atoms. The Hall–Kier alpha value is -1.30. The number of nitrogens with one attached hydrogen (secondary N) is 1. The molecule has 0 spiro atoms.